The van der Waals surface area contributed by atoms with Crippen LogP contribution in [0.3, 0.4) is 0 Å². The number of hydrogen-bond acceptors (Lipinski definition) is 5. The first kappa shape index (κ1) is 16.4. The molecule has 1 aliphatic rings. The maximum Gasteiger partial charge on any atom is 0.276 e. The summed E-state index contributed by atoms with van der Waals surface area (Å²) in [6, 6.07) is 9.44. The molecule has 1 aliphatic heterocycles. The molecule has 2 atom stereocenters. The largest absolute Gasteiger partial charge is 0.497 e. The fourth-order valence-corrected chi connectivity index (χ4v) is 3.05. The Labute approximate surface area is 141 Å². The van der Waals surface area contributed by atoms with Crippen molar-refractivity contribution in [3.8, 4) is 11.5 Å². The monoisotopic (exact) mass is 330 g/mol. The predicted molar refractivity (Wildman–Crippen MR) is 88.2 cm³/mol. The van der Waals surface area contributed by atoms with Crippen LogP contribution in [0.15, 0.2) is 34.9 Å². The molecule has 1 saturated heterocycles. The van der Waals surface area contributed by atoms with Crippen LogP contribution in [0.4, 0.5) is 0 Å². The molecule has 24 heavy (non-hydrogen) atoms. The van der Waals surface area contributed by atoms with Crippen molar-refractivity contribution in [2.45, 2.75) is 45.4 Å². The average molecular weight is 330 g/mol. The molecule has 1 amide bonds. The molecule has 0 unspecified atom stereocenters. The Morgan fingerprint density at radius 3 is 2.67 bits per heavy atom. The van der Waals surface area contributed by atoms with Crippen LogP contribution in [0.1, 0.15) is 42.9 Å². The van der Waals surface area contributed by atoms with E-state index in [0.717, 1.165) is 18.6 Å². The second kappa shape index (κ2) is 6.95. The molecule has 2 aromatic rings. The minimum atomic E-state index is -0.0797. The Kier molecular flexibility index (Phi) is 4.74. The van der Waals surface area contributed by atoms with Gasteiger partial charge in [-0.1, -0.05) is 11.2 Å². The summed E-state index contributed by atoms with van der Waals surface area (Å²) in [5.41, 5.74) is 0.333. The van der Waals surface area contributed by atoms with E-state index in [0.29, 0.717) is 17.2 Å². The van der Waals surface area contributed by atoms with E-state index in [2.05, 4.69) is 19.0 Å². The molecule has 0 aliphatic carbocycles. The minimum absolute atomic E-state index is 0.0797. The maximum absolute atomic E-state index is 12.6. The predicted octanol–water partition coefficient (Wildman–Crippen LogP) is 3.28. The van der Waals surface area contributed by atoms with Crippen LogP contribution >= 0.6 is 0 Å². The van der Waals surface area contributed by atoms with Crippen LogP contribution in [0.25, 0.3) is 0 Å². The van der Waals surface area contributed by atoms with Gasteiger partial charge in [0.2, 0.25) is 0 Å². The van der Waals surface area contributed by atoms with Crippen LogP contribution < -0.4 is 9.47 Å². The third-order valence-electron chi connectivity index (χ3n) is 4.39. The van der Waals surface area contributed by atoms with Gasteiger partial charge in [0.05, 0.1) is 7.11 Å². The smallest absolute Gasteiger partial charge is 0.276 e. The molecule has 1 fully saturated rings. The molecule has 6 heteroatoms. The first-order chi connectivity index (χ1) is 11.6. The van der Waals surface area contributed by atoms with E-state index < -0.39 is 0 Å². The summed E-state index contributed by atoms with van der Waals surface area (Å²) in [6.45, 7) is 4.33. The third-order valence-corrected chi connectivity index (χ3v) is 4.39. The van der Waals surface area contributed by atoms with Crippen molar-refractivity contribution in [3.63, 3.8) is 0 Å². The van der Waals surface area contributed by atoms with Gasteiger partial charge in [-0.15, -0.1) is 0 Å². The van der Waals surface area contributed by atoms with E-state index in [1.165, 1.54) is 0 Å². The molecule has 0 saturated carbocycles. The number of hydrogen-bond donors (Lipinski definition) is 0. The maximum atomic E-state index is 12.6. The summed E-state index contributed by atoms with van der Waals surface area (Å²) in [4.78, 5) is 14.5. The highest BCUT2D eigenvalue weighted by Gasteiger charge is 2.33. The molecular weight excluding hydrogens is 308 g/mol. The average Bonchev–Trinajstić information content (AvgIpc) is 3.19. The van der Waals surface area contributed by atoms with Crippen molar-refractivity contribution in [1.29, 1.82) is 0 Å². The molecule has 3 rings (SSSR count). The number of carbonyl (C=O) groups is 1. The van der Waals surface area contributed by atoms with Gasteiger partial charge in [-0.05, 0) is 38.8 Å². The number of rotatable bonds is 5. The number of amides is 1. The van der Waals surface area contributed by atoms with Gasteiger partial charge >= 0.3 is 0 Å². The zero-order valence-electron chi connectivity index (χ0n) is 14.2. The Morgan fingerprint density at radius 2 is 1.96 bits per heavy atom. The van der Waals surface area contributed by atoms with E-state index >= 15 is 0 Å². The summed E-state index contributed by atoms with van der Waals surface area (Å²) < 4.78 is 16.1. The van der Waals surface area contributed by atoms with Crippen molar-refractivity contribution >= 4 is 5.91 Å². The van der Waals surface area contributed by atoms with Gasteiger partial charge in [-0.3, -0.25) is 4.79 Å². The zero-order chi connectivity index (χ0) is 17.1. The Bertz CT molecular complexity index is 703. The fraction of sp³-hybridized carbons (Fsp3) is 0.444. The van der Waals surface area contributed by atoms with Gasteiger partial charge in [0, 0.05) is 24.2 Å². The summed E-state index contributed by atoms with van der Waals surface area (Å²) in [5.74, 6) is 1.82. The molecule has 128 valence electrons. The molecule has 1 aromatic carbocycles. The standard InChI is InChI=1S/C18H22N2O4/c1-12-7-8-13(2)20(12)18(21)17-10-16(24-19-17)11-23-15-6-4-5-14(9-15)22-3/h4-6,9-10,12-13H,7-8,11H2,1-3H3/t12-,13+. The molecule has 2 heterocycles. The lowest BCUT2D eigenvalue weighted by molar-refractivity contribution is 0.0682. The first-order valence-corrected chi connectivity index (χ1v) is 8.13. The van der Waals surface area contributed by atoms with Crippen molar-refractivity contribution in [2.75, 3.05) is 7.11 Å². The highest BCUT2D eigenvalue weighted by molar-refractivity contribution is 5.92. The number of aromatic nitrogens is 1. The molecule has 0 bridgehead atoms. The number of nitrogens with zero attached hydrogens (tertiary/aromatic N) is 2. The highest BCUT2D eigenvalue weighted by Crippen LogP contribution is 2.26. The number of likely N-dealkylation sites (tertiary alicyclic amines) is 1. The van der Waals surface area contributed by atoms with Crippen LogP contribution in [-0.4, -0.2) is 35.2 Å². The fourth-order valence-electron chi connectivity index (χ4n) is 3.05. The second-order valence-corrected chi connectivity index (χ2v) is 6.13. The lowest BCUT2D eigenvalue weighted by atomic mass is 10.2. The van der Waals surface area contributed by atoms with Gasteiger partial charge in [0.15, 0.2) is 11.5 Å². The quantitative estimate of drug-likeness (QED) is 0.842. The van der Waals surface area contributed by atoms with E-state index in [-0.39, 0.29) is 24.6 Å². The molecule has 1 aromatic heterocycles. The summed E-state index contributed by atoms with van der Waals surface area (Å²) >= 11 is 0. The van der Waals surface area contributed by atoms with Crippen LogP contribution in [-0.2, 0) is 6.61 Å². The number of benzene rings is 1. The van der Waals surface area contributed by atoms with Crippen molar-refractivity contribution in [2.24, 2.45) is 0 Å². The zero-order valence-corrected chi connectivity index (χ0v) is 14.2. The van der Waals surface area contributed by atoms with Gasteiger partial charge in [0.1, 0.15) is 18.1 Å². The Balaban J connectivity index is 1.64. The molecule has 0 spiro atoms. The van der Waals surface area contributed by atoms with Crippen molar-refractivity contribution < 1.29 is 18.8 Å². The highest BCUT2D eigenvalue weighted by atomic mass is 16.5. The Morgan fingerprint density at radius 1 is 1.25 bits per heavy atom. The van der Waals surface area contributed by atoms with Gasteiger partial charge < -0.3 is 18.9 Å². The second-order valence-electron chi connectivity index (χ2n) is 6.13. The molecule has 0 N–H and O–H groups in total. The minimum Gasteiger partial charge on any atom is -0.497 e. The lowest BCUT2D eigenvalue weighted by Crippen LogP contribution is -2.38. The summed E-state index contributed by atoms with van der Waals surface area (Å²) in [5, 5.41) is 3.90. The van der Waals surface area contributed by atoms with Gasteiger partial charge in [-0.2, -0.15) is 0 Å². The lowest BCUT2D eigenvalue weighted by Gasteiger charge is -2.24. The first-order valence-electron chi connectivity index (χ1n) is 8.13. The van der Waals surface area contributed by atoms with E-state index in [1.54, 1.807) is 19.2 Å². The topological polar surface area (TPSA) is 64.8 Å². The molecule has 6 nitrogen and oxygen atoms in total. The van der Waals surface area contributed by atoms with Crippen LogP contribution in [0.5, 0.6) is 11.5 Å². The number of carbonyl (C=O) groups excluding carboxylic acids is 1. The Hall–Kier alpha value is -2.50. The van der Waals surface area contributed by atoms with Crippen LogP contribution in [0, 0.1) is 0 Å². The molecular formula is C18H22N2O4. The SMILES string of the molecule is COc1cccc(OCc2cc(C(=O)N3[C@H](C)CC[C@@H]3C)no2)c1. The number of ether oxygens (including phenoxy) is 2. The number of methoxy groups -OCH3 is 1. The van der Waals surface area contributed by atoms with Crippen LogP contribution in [0.2, 0.25) is 0 Å². The van der Waals surface area contributed by atoms with E-state index in [4.69, 9.17) is 14.0 Å². The van der Waals surface area contributed by atoms with Crippen molar-refractivity contribution in [1.82, 2.24) is 10.1 Å². The van der Waals surface area contributed by atoms with E-state index in [1.807, 2.05) is 23.1 Å². The summed E-state index contributed by atoms with van der Waals surface area (Å²) in [6.07, 6.45) is 2.05. The third kappa shape index (κ3) is 3.37. The van der Waals surface area contributed by atoms with E-state index in [9.17, 15) is 4.79 Å². The summed E-state index contributed by atoms with van der Waals surface area (Å²) in [7, 11) is 1.60. The van der Waals surface area contributed by atoms with Gasteiger partial charge in [-0.25, -0.2) is 0 Å². The van der Waals surface area contributed by atoms with Crippen molar-refractivity contribution in [3.05, 3.63) is 41.8 Å². The van der Waals surface area contributed by atoms with Gasteiger partial charge in [0.25, 0.3) is 5.91 Å². The molecule has 0 radical (unpaired) electrons. The normalized spacial score (nSPS) is 20.2.